The molecule has 0 saturated carbocycles. The number of nitrogens with zero attached hydrogens (tertiary/aromatic N) is 2. The minimum absolute atomic E-state index is 0.179. The van der Waals surface area contributed by atoms with Crippen LogP contribution >= 0.6 is 0 Å². The molecule has 2 aromatic rings. The number of benzene rings is 2. The van der Waals surface area contributed by atoms with Crippen LogP contribution in [0.5, 0.6) is 17.2 Å². The molecule has 0 atom stereocenters. The van der Waals surface area contributed by atoms with E-state index in [2.05, 4.69) is 11.0 Å². The van der Waals surface area contributed by atoms with Crippen molar-refractivity contribution in [1.82, 2.24) is 4.90 Å². The Morgan fingerprint density at radius 3 is 2.29 bits per heavy atom. The van der Waals surface area contributed by atoms with Gasteiger partial charge in [-0.15, -0.1) is 0 Å². The highest BCUT2D eigenvalue weighted by Gasteiger charge is 2.25. The number of quaternary nitrogens is 1. The number of hydrogen-bond donors (Lipinski definition) is 1. The molecule has 168 valence electrons. The number of ether oxygens (including phenoxy) is 3. The van der Waals surface area contributed by atoms with Gasteiger partial charge in [0.25, 0.3) is 5.91 Å². The van der Waals surface area contributed by atoms with Crippen molar-refractivity contribution in [3.05, 3.63) is 48.0 Å². The molecule has 2 aromatic carbocycles. The van der Waals surface area contributed by atoms with E-state index in [1.807, 2.05) is 48.2 Å². The van der Waals surface area contributed by atoms with Crippen LogP contribution in [-0.4, -0.2) is 71.4 Å². The van der Waals surface area contributed by atoms with Crippen LogP contribution in [0.15, 0.2) is 42.5 Å². The number of carbonyl (C=O) groups is 1. The summed E-state index contributed by atoms with van der Waals surface area (Å²) in [7, 11) is 4.95. The average molecular weight is 429 g/mol. The molecule has 3 rings (SSSR count). The van der Waals surface area contributed by atoms with Crippen LogP contribution in [0.25, 0.3) is 0 Å². The normalized spacial score (nSPS) is 14.3. The summed E-state index contributed by atoms with van der Waals surface area (Å²) in [6.45, 7) is 7.45. The fourth-order valence-corrected chi connectivity index (χ4v) is 4.03. The van der Waals surface area contributed by atoms with Crippen LogP contribution in [0.4, 0.5) is 5.69 Å². The lowest BCUT2D eigenvalue weighted by atomic mass is 10.2. The van der Waals surface area contributed by atoms with Gasteiger partial charge < -0.3 is 28.9 Å². The number of likely N-dealkylation sites (N-methyl/N-ethyl adjacent to an activating group) is 1. The third-order valence-electron chi connectivity index (χ3n) is 5.85. The number of amides is 1. The number of methoxy groups -OCH3 is 3. The average Bonchev–Trinajstić information content (AvgIpc) is 2.82. The van der Waals surface area contributed by atoms with Gasteiger partial charge >= 0.3 is 0 Å². The minimum Gasteiger partial charge on any atom is -0.495 e. The van der Waals surface area contributed by atoms with E-state index in [9.17, 15) is 4.79 Å². The maximum atomic E-state index is 13.0. The first kappa shape index (κ1) is 22.7. The van der Waals surface area contributed by atoms with Crippen molar-refractivity contribution < 1.29 is 23.9 Å². The van der Waals surface area contributed by atoms with Gasteiger partial charge in [0.15, 0.2) is 18.0 Å². The predicted octanol–water partition coefficient (Wildman–Crippen LogP) is 1.47. The lowest BCUT2D eigenvalue weighted by Gasteiger charge is -2.34. The molecule has 0 radical (unpaired) electrons. The summed E-state index contributed by atoms with van der Waals surface area (Å²) >= 11 is 0. The lowest BCUT2D eigenvalue weighted by molar-refractivity contribution is -0.892. The van der Waals surface area contributed by atoms with Crippen molar-refractivity contribution in [1.29, 1.82) is 0 Å². The second-order valence-electron chi connectivity index (χ2n) is 7.68. The van der Waals surface area contributed by atoms with Gasteiger partial charge in [0.05, 0.1) is 53.2 Å². The molecule has 0 aliphatic carbocycles. The fourth-order valence-electron chi connectivity index (χ4n) is 4.03. The third kappa shape index (κ3) is 5.61. The van der Waals surface area contributed by atoms with Gasteiger partial charge in [0.2, 0.25) is 0 Å². The van der Waals surface area contributed by atoms with E-state index in [4.69, 9.17) is 14.2 Å². The summed E-state index contributed by atoms with van der Waals surface area (Å²) in [5.41, 5.74) is 2.16. The van der Waals surface area contributed by atoms with E-state index in [1.165, 1.54) is 4.90 Å². The zero-order chi connectivity index (χ0) is 22.2. The van der Waals surface area contributed by atoms with Crippen LogP contribution in [0.1, 0.15) is 12.5 Å². The molecule has 0 unspecified atom stereocenters. The molecular weight excluding hydrogens is 394 g/mol. The van der Waals surface area contributed by atoms with E-state index in [-0.39, 0.29) is 5.91 Å². The Morgan fingerprint density at radius 2 is 1.65 bits per heavy atom. The summed E-state index contributed by atoms with van der Waals surface area (Å²) in [5, 5.41) is 0. The molecule has 0 bridgehead atoms. The Kier molecular flexibility index (Phi) is 8.00. The SMILES string of the molecule is CCN(Cc1ccc(OC)c(OC)c1)C(=O)C[NH+]1CCN(c2ccccc2OC)CC1. The molecule has 7 nitrogen and oxygen atoms in total. The minimum atomic E-state index is 0.179. The number of nitrogens with one attached hydrogen (secondary N) is 1. The molecule has 1 fully saturated rings. The van der Waals surface area contributed by atoms with Crippen molar-refractivity contribution in [2.24, 2.45) is 0 Å². The van der Waals surface area contributed by atoms with Gasteiger partial charge in [0, 0.05) is 13.1 Å². The smallest absolute Gasteiger partial charge is 0.278 e. The number of rotatable bonds is 9. The largest absolute Gasteiger partial charge is 0.495 e. The van der Waals surface area contributed by atoms with Crippen LogP contribution in [-0.2, 0) is 11.3 Å². The van der Waals surface area contributed by atoms with E-state index >= 15 is 0 Å². The van der Waals surface area contributed by atoms with Gasteiger partial charge in [-0.1, -0.05) is 18.2 Å². The summed E-state index contributed by atoms with van der Waals surface area (Å²) in [5.74, 6) is 2.45. The van der Waals surface area contributed by atoms with Gasteiger partial charge in [-0.25, -0.2) is 0 Å². The Labute approximate surface area is 185 Å². The highest BCUT2D eigenvalue weighted by atomic mass is 16.5. The number of hydrogen-bond acceptors (Lipinski definition) is 5. The Morgan fingerprint density at radius 1 is 0.968 bits per heavy atom. The van der Waals surface area contributed by atoms with Crippen molar-refractivity contribution >= 4 is 11.6 Å². The molecule has 31 heavy (non-hydrogen) atoms. The molecule has 0 spiro atoms. The van der Waals surface area contributed by atoms with E-state index < -0.39 is 0 Å². The van der Waals surface area contributed by atoms with E-state index in [0.717, 1.165) is 43.2 Å². The highest BCUT2D eigenvalue weighted by Crippen LogP contribution is 2.28. The third-order valence-corrected chi connectivity index (χ3v) is 5.85. The molecule has 1 heterocycles. The quantitative estimate of drug-likeness (QED) is 0.656. The Bertz CT molecular complexity index is 866. The molecule has 1 N–H and O–H groups in total. The zero-order valence-corrected chi connectivity index (χ0v) is 19.0. The van der Waals surface area contributed by atoms with Gasteiger partial charge in [0.1, 0.15) is 5.75 Å². The predicted molar refractivity (Wildman–Crippen MR) is 121 cm³/mol. The molecule has 1 amide bonds. The van der Waals surface area contributed by atoms with Crippen LogP contribution in [0.2, 0.25) is 0 Å². The van der Waals surface area contributed by atoms with Crippen molar-refractivity contribution in [3.8, 4) is 17.2 Å². The van der Waals surface area contributed by atoms with Crippen molar-refractivity contribution in [3.63, 3.8) is 0 Å². The summed E-state index contributed by atoms with van der Waals surface area (Å²) in [6.07, 6.45) is 0. The molecule has 1 saturated heterocycles. The first-order chi connectivity index (χ1) is 15.1. The topological polar surface area (TPSA) is 55.7 Å². The number of para-hydroxylation sites is 2. The molecule has 0 aromatic heterocycles. The van der Waals surface area contributed by atoms with Crippen molar-refractivity contribution in [2.75, 3.05) is 65.5 Å². The van der Waals surface area contributed by atoms with E-state index in [0.29, 0.717) is 31.1 Å². The summed E-state index contributed by atoms with van der Waals surface area (Å²) < 4.78 is 16.2. The molecular formula is C24H34N3O4+. The summed E-state index contributed by atoms with van der Waals surface area (Å²) in [4.78, 5) is 18.6. The van der Waals surface area contributed by atoms with E-state index in [1.54, 1.807) is 21.3 Å². The number of anilines is 1. The highest BCUT2D eigenvalue weighted by molar-refractivity contribution is 5.77. The van der Waals surface area contributed by atoms with Crippen LogP contribution < -0.4 is 24.0 Å². The zero-order valence-electron chi connectivity index (χ0n) is 19.0. The maximum Gasteiger partial charge on any atom is 0.278 e. The maximum absolute atomic E-state index is 13.0. The molecule has 1 aliphatic rings. The van der Waals surface area contributed by atoms with Crippen LogP contribution in [0, 0.1) is 0 Å². The molecule has 7 heteroatoms. The fraction of sp³-hybridized carbons (Fsp3) is 0.458. The summed E-state index contributed by atoms with van der Waals surface area (Å²) in [6, 6.07) is 13.9. The van der Waals surface area contributed by atoms with Crippen LogP contribution in [0.3, 0.4) is 0 Å². The second-order valence-corrected chi connectivity index (χ2v) is 7.68. The lowest BCUT2D eigenvalue weighted by Crippen LogP contribution is -3.15. The van der Waals surface area contributed by atoms with Gasteiger partial charge in [-0.2, -0.15) is 0 Å². The second kappa shape index (κ2) is 10.9. The number of carbonyl (C=O) groups excluding carboxylic acids is 1. The monoisotopic (exact) mass is 428 g/mol. The van der Waals surface area contributed by atoms with Gasteiger partial charge in [-0.05, 0) is 36.8 Å². The Hall–Kier alpha value is -2.93. The van der Waals surface area contributed by atoms with Gasteiger partial charge in [-0.3, -0.25) is 4.79 Å². The van der Waals surface area contributed by atoms with Crippen molar-refractivity contribution in [2.45, 2.75) is 13.5 Å². The Balaban J connectivity index is 1.56. The standard InChI is InChI=1S/C24H33N3O4/c1-5-26(17-19-10-11-22(30-3)23(16-19)31-4)24(28)18-25-12-14-27(15-13-25)20-8-6-7-9-21(20)29-2/h6-11,16H,5,12-15,17-18H2,1-4H3/p+1. The first-order valence-corrected chi connectivity index (χ1v) is 10.8. The first-order valence-electron chi connectivity index (χ1n) is 10.8. The molecule has 1 aliphatic heterocycles. The number of piperazine rings is 1.